The van der Waals surface area contributed by atoms with E-state index in [4.69, 9.17) is 10.5 Å². The van der Waals surface area contributed by atoms with Gasteiger partial charge in [0.05, 0.1) is 17.1 Å². The van der Waals surface area contributed by atoms with Crippen molar-refractivity contribution in [1.82, 2.24) is 9.97 Å². The predicted octanol–water partition coefficient (Wildman–Crippen LogP) is 2.05. The van der Waals surface area contributed by atoms with Gasteiger partial charge in [0.1, 0.15) is 0 Å². The molecular weight excluding hydrogens is 240 g/mol. The summed E-state index contributed by atoms with van der Waals surface area (Å²) in [6.07, 6.45) is 1.37. The van der Waals surface area contributed by atoms with Crippen molar-refractivity contribution in [2.24, 2.45) is 5.92 Å². The molecule has 2 unspecified atom stereocenters. The summed E-state index contributed by atoms with van der Waals surface area (Å²) in [6.45, 7) is 3.76. The molecule has 2 heterocycles. The second-order valence-corrected chi connectivity index (χ2v) is 4.95. The SMILES string of the molecule is CC1OCCC1CNc1nc2ccccc2nc1N. The second kappa shape index (κ2) is 5.01. The molecule has 1 aromatic carbocycles. The quantitative estimate of drug-likeness (QED) is 0.881. The molecule has 19 heavy (non-hydrogen) atoms. The van der Waals surface area contributed by atoms with E-state index in [1.165, 1.54) is 0 Å². The molecule has 1 aromatic heterocycles. The third-order valence-corrected chi connectivity index (χ3v) is 3.66. The third kappa shape index (κ3) is 2.46. The van der Waals surface area contributed by atoms with Gasteiger partial charge in [-0.15, -0.1) is 0 Å². The molecule has 0 radical (unpaired) electrons. The molecule has 5 nitrogen and oxygen atoms in total. The van der Waals surface area contributed by atoms with Crippen molar-refractivity contribution < 1.29 is 4.74 Å². The number of nitrogens with two attached hydrogens (primary N) is 1. The maximum Gasteiger partial charge on any atom is 0.169 e. The van der Waals surface area contributed by atoms with E-state index >= 15 is 0 Å². The summed E-state index contributed by atoms with van der Waals surface area (Å²) >= 11 is 0. The maximum absolute atomic E-state index is 5.94. The highest BCUT2D eigenvalue weighted by Gasteiger charge is 2.24. The first kappa shape index (κ1) is 12.2. The molecule has 1 saturated heterocycles. The standard InChI is InChI=1S/C14H18N4O/c1-9-10(6-7-19-9)8-16-14-13(15)17-11-4-2-3-5-12(11)18-14/h2-5,9-10H,6-8H2,1H3,(H2,15,17)(H,16,18). The number of para-hydroxylation sites is 2. The van der Waals surface area contributed by atoms with Gasteiger partial charge in [-0.1, -0.05) is 12.1 Å². The number of hydrogen-bond acceptors (Lipinski definition) is 5. The topological polar surface area (TPSA) is 73.1 Å². The molecule has 0 amide bonds. The van der Waals surface area contributed by atoms with Crippen molar-refractivity contribution in [1.29, 1.82) is 0 Å². The lowest BCUT2D eigenvalue weighted by molar-refractivity contribution is 0.108. The predicted molar refractivity (Wildman–Crippen MR) is 76.0 cm³/mol. The average molecular weight is 258 g/mol. The maximum atomic E-state index is 5.94. The van der Waals surface area contributed by atoms with Gasteiger partial charge in [-0.05, 0) is 25.5 Å². The zero-order valence-corrected chi connectivity index (χ0v) is 11.0. The number of nitrogen functional groups attached to an aromatic ring is 1. The molecule has 2 atom stereocenters. The Bertz CT molecular complexity index is 587. The van der Waals surface area contributed by atoms with Crippen LogP contribution in [0.5, 0.6) is 0 Å². The Morgan fingerprint density at radius 3 is 2.74 bits per heavy atom. The van der Waals surface area contributed by atoms with Gasteiger partial charge >= 0.3 is 0 Å². The summed E-state index contributed by atoms with van der Waals surface area (Å²) in [7, 11) is 0. The molecular formula is C14H18N4O. The van der Waals surface area contributed by atoms with Crippen molar-refractivity contribution in [3.05, 3.63) is 24.3 Å². The molecule has 5 heteroatoms. The lowest BCUT2D eigenvalue weighted by Gasteiger charge is -2.16. The van der Waals surface area contributed by atoms with Crippen LogP contribution in [-0.4, -0.2) is 29.2 Å². The highest BCUT2D eigenvalue weighted by Crippen LogP contribution is 2.23. The van der Waals surface area contributed by atoms with E-state index in [0.717, 1.165) is 30.6 Å². The number of anilines is 2. The van der Waals surface area contributed by atoms with Gasteiger partial charge in [-0.25, -0.2) is 9.97 Å². The van der Waals surface area contributed by atoms with Gasteiger partial charge in [0.2, 0.25) is 0 Å². The van der Waals surface area contributed by atoms with Crippen LogP contribution in [-0.2, 0) is 4.74 Å². The molecule has 2 aromatic rings. The monoisotopic (exact) mass is 258 g/mol. The van der Waals surface area contributed by atoms with Gasteiger partial charge in [-0.3, -0.25) is 0 Å². The van der Waals surface area contributed by atoms with E-state index in [1.54, 1.807) is 0 Å². The van der Waals surface area contributed by atoms with E-state index in [1.807, 2.05) is 24.3 Å². The number of benzene rings is 1. The summed E-state index contributed by atoms with van der Waals surface area (Å²) in [5, 5.41) is 3.30. The molecule has 1 aliphatic heterocycles. The van der Waals surface area contributed by atoms with Gasteiger partial charge in [0, 0.05) is 19.1 Å². The lowest BCUT2D eigenvalue weighted by Crippen LogP contribution is -2.21. The van der Waals surface area contributed by atoms with Crippen molar-refractivity contribution in [2.75, 3.05) is 24.2 Å². The minimum atomic E-state index is 0.294. The van der Waals surface area contributed by atoms with Crippen LogP contribution >= 0.6 is 0 Å². The first-order chi connectivity index (χ1) is 9.24. The normalized spacial score (nSPS) is 22.8. The Hall–Kier alpha value is -1.88. The Balaban J connectivity index is 1.78. The van der Waals surface area contributed by atoms with E-state index in [2.05, 4.69) is 22.2 Å². The molecule has 100 valence electrons. The summed E-state index contributed by atoms with van der Waals surface area (Å²) < 4.78 is 5.55. The largest absolute Gasteiger partial charge is 0.381 e. The number of aromatic nitrogens is 2. The highest BCUT2D eigenvalue weighted by molar-refractivity contribution is 5.79. The molecule has 0 aliphatic carbocycles. The summed E-state index contributed by atoms with van der Waals surface area (Å²) in [6, 6.07) is 7.73. The molecule has 3 rings (SSSR count). The van der Waals surface area contributed by atoms with Crippen LogP contribution in [0.4, 0.5) is 11.6 Å². The fourth-order valence-corrected chi connectivity index (χ4v) is 2.42. The zero-order chi connectivity index (χ0) is 13.2. The Kier molecular flexibility index (Phi) is 3.21. The number of nitrogens with zero attached hydrogens (tertiary/aromatic N) is 2. The van der Waals surface area contributed by atoms with Gasteiger partial charge in [0.25, 0.3) is 0 Å². The van der Waals surface area contributed by atoms with Crippen molar-refractivity contribution in [3.8, 4) is 0 Å². The smallest absolute Gasteiger partial charge is 0.169 e. The molecule has 0 spiro atoms. The van der Waals surface area contributed by atoms with Crippen molar-refractivity contribution >= 4 is 22.7 Å². The van der Waals surface area contributed by atoms with Gasteiger partial charge < -0.3 is 15.8 Å². The third-order valence-electron chi connectivity index (χ3n) is 3.66. The summed E-state index contributed by atoms with van der Waals surface area (Å²) in [5.41, 5.74) is 7.62. The van der Waals surface area contributed by atoms with Crippen LogP contribution in [0.2, 0.25) is 0 Å². The first-order valence-corrected chi connectivity index (χ1v) is 6.62. The van der Waals surface area contributed by atoms with Crippen LogP contribution in [0.15, 0.2) is 24.3 Å². The molecule has 3 N–H and O–H groups in total. The van der Waals surface area contributed by atoms with E-state index in [0.29, 0.717) is 23.7 Å². The molecule has 1 aliphatic rings. The molecule has 0 saturated carbocycles. The fraction of sp³-hybridized carbons (Fsp3) is 0.429. The Morgan fingerprint density at radius 1 is 1.32 bits per heavy atom. The van der Waals surface area contributed by atoms with Crippen molar-refractivity contribution in [2.45, 2.75) is 19.4 Å². The number of ether oxygens (including phenoxy) is 1. The first-order valence-electron chi connectivity index (χ1n) is 6.62. The average Bonchev–Trinajstić information content (AvgIpc) is 2.82. The zero-order valence-electron chi connectivity index (χ0n) is 11.0. The fourth-order valence-electron chi connectivity index (χ4n) is 2.42. The molecule has 0 bridgehead atoms. The molecule has 1 fully saturated rings. The lowest BCUT2D eigenvalue weighted by atomic mass is 10.0. The van der Waals surface area contributed by atoms with E-state index < -0.39 is 0 Å². The van der Waals surface area contributed by atoms with Crippen LogP contribution in [0, 0.1) is 5.92 Å². The summed E-state index contributed by atoms with van der Waals surface area (Å²) in [4.78, 5) is 8.88. The number of fused-ring (bicyclic) bond motifs is 1. The Morgan fingerprint density at radius 2 is 2.05 bits per heavy atom. The van der Waals surface area contributed by atoms with Crippen LogP contribution in [0.25, 0.3) is 11.0 Å². The minimum Gasteiger partial charge on any atom is -0.381 e. The number of hydrogen-bond donors (Lipinski definition) is 2. The Labute approximate surface area is 112 Å². The highest BCUT2D eigenvalue weighted by atomic mass is 16.5. The summed E-state index contributed by atoms with van der Waals surface area (Å²) in [5.74, 6) is 1.62. The van der Waals surface area contributed by atoms with E-state index in [-0.39, 0.29) is 0 Å². The van der Waals surface area contributed by atoms with Crippen LogP contribution in [0.1, 0.15) is 13.3 Å². The van der Waals surface area contributed by atoms with Crippen LogP contribution < -0.4 is 11.1 Å². The van der Waals surface area contributed by atoms with Gasteiger partial charge in [-0.2, -0.15) is 0 Å². The van der Waals surface area contributed by atoms with E-state index in [9.17, 15) is 0 Å². The number of rotatable bonds is 3. The van der Waals surface area contributed by atoms with Crippen LogP contribution in [0.3, 0.4) is 0 Å². The van der Waals surface area contributed by atoms with Gasteiger partial charge in [0.15, 0.2) is 11.6 Å². The number of nitrogens with one attached hydrogen (secondary N) is 1. The minimum absolute atomic E-state index is 0.294. The second-order valence-electron chi connectivity index (χ2n) is 4.95. The van der Waals surface area contributed by atoms with Crippen molar-refractivity contribution in [3.63, 3.8) is 0 Å².